The third-order valence-corrected chi connectivity index (χ3v) is 3.69. The molecule has 6 heteroatoms. The molecule has 132 valence electrons. The third-order valence-electron chi connectivity index (χ3n) is 3.69. The maximum atomic E-state index is 13.2. The van der Waals surface area contributed by atoms with Gasteiger partial charge >= 0.3 is 0 Å². The van der Waals surface area contributed by atoms with E-state index in [9.17, 15) is 14.0 Å². The lowest BCUT2D eigenvalue weighted by atomic mass is 10.2. The molecule has 0 saturated heterocycles. The minimum Gasteiger partial charge on any atom is -0.406 e. The van der Waals surface area contributed by atoms with E-state index in [0.717, 1.165) is 10.3 Å². The Morgan fingerprint density at radius 1 is 1.12 bits per heavy atom. The van der Waals surface area contributed by atoms with Gasteiger partial charge in [0, 0.05) is 11.9 Å². The lowest BCUT2D eigenvalue weighted by molar-refractivity contribution is 0.0862. The van der Waals surface area contributed by atoms with E-state index >= 15 is 0 Å². The van der Waals surface area contributed by atoms with Crippen molar-refractivity contribution in [2.45, 2.75) is 13.5 Å². The molecular weight excluding hydrogens is 335 g/mol. The van der Waals surface area contributed by atoms with Gasteiger partial charge < -0.3 is 10.2 Å². The van der Waals surface area contributed by atoms with Crippen LogP contribution in [-0.4, -0.2) is 10.6 Å². The maximum absolute atomic E-state index is 13.2. The van der Waals surface area contributed by atoms with Crippen molar-refractivity contribution in [3.05, 3.63) is 99.7 Å². The fourth-order valence-electron chi connectivity index (χ4n) is 2.44. The summed E-state index contributed by atoms with van der Waals surface area (Å²) in [7, 11) is 0. The number of hydrogen-bond acceptors (Lipinski definition) is 3. The molecule has 1 N–H and O–H groups in total. The largest absolute Gasteiger partial charge is 0.406 e. The number of aromatic nitrogens is 1. The molecule has 26 heavy (non-hydrogen) atoms. The molecule has 1 heterocycles. The second-order valence-corrected chi connectivity index (χ2v) is 5.78. The number of rotatable bonds is 5. The molecule has 1 aromatic heterocycles. The van der Waals surface area contributed by atoms with Crippen LogP contribution in [0.15, 0.2) is 71.7 Å². The van der Waals surface area contributed by atoms with E-state index in [4.69, 9.17) is 4.84 Å². The Bertz CT molecular complexity index is 998. The van der Waals surface area contributed by atoms with Crippen LogP contribution in [0.3, 0.4) is 0 Å². The van der Waals surface area contributed by atoms with Crippen molar-refractivity contribution in [2.24, 2.45) is 0 Å². The molecule has 0 aliphatic heterocycles. The van der Waals surface area contributed by atoms with Gasteiger partial charge in [0.2, 0.25) is 0 Å². The molecule has 0 aliphatic carbocycles. The smallest absolute Gasteiger partial charge is 0.295 e. The average molecular weight is 352 g/mol. The molecule has 2 aromatic carbocycles. The van der Waals surface area contributed by atoms with Crippen molar-refractivity contribution in [3.8, 4) is 0 Å². The Hall–Kier alpha value is -3.41. The van der Waals surface area contributed by atoms with Crippen molar-refractivity contribution in [2.75, 3.05) is 5.32 Å². The fourth-order valence-corrected chi connectivity index (χ4v) is 2.44. The highest BCUT2D eigenvalue weighted by molar-refractivity contribution is 6.03. The predicted octanol–water partition coefficient (Wildman–Crippen LogP) is 3.18. The molecule has 0 unspecified atom stereocenters. The van der Waals surface area contributed by atoms with Gasteiger partial charge in [-0.25, -0.2) is 4.39 Å². The van der Waals surface area contributed by atoms with Crippen LogP contribution >= 0.6 is 0 Å². The number of hydrogen-bond donors (Lipinski definition) is 1. The highest BCUT2D eigenvalue weighted by atomic mass is 19.1. The van der Waals surface area contributed by atoms with Crippen LogP contribution in [0.4, 0.5) is 10.1 Å². The second-order valence-electron chi connectivity index (χ2n) is 5.78. The molecule has 0 radical (unpaired) electrons. The van der Waals surface area contributed by atoms with Gasteiger partial charge in [-0.2, -0.15) is 4.73 Å². The summed E-state index contributed by atoms with van der Waals surface area (Å²) < 4.78 is 14.2. The number of nitrogens with one attached hydrogen (secondary N) is 1. The summed E-state index contributed by atoms with van der Waals surface area (Å²) in [5.41, 5.74) is 1.53. The van der Waals surface area contributed by atoms with Crippen molar-refractivity contribution in [3.63, 3.8) is 0 Å². The number of carbonyl (C=O) groups excluding carboxylic acids is 1. The molecule has 3 aromatic rings. The number of anilines is 1. The first-order valence-corrected chi connectivity index (χ1v) is 8.00. The van der Waals surface area contributed by atoms with E-state index < -0.39 is 11.5 Å². The number of carbonyl (C=O) groups is 1. The summed E-state index contributed by atoms with van der Waals surface area (Å²) in [5, 5.41) is 2.69. The van der Waals surface area contributed by atoms with E-state index in [1.165, 1.54) is 30.5 Å². The quantitative estimate of drug-likeness (QED) is 0.767. The highest BCUT2D eigenvalue weighted by Crippen LogP contribution is 2.10. The molecule has 0 atom stereocenters. The van der Waals surface area contributed by atoms with Gasteiger partial charge in [0.25, 0.3) is 11.5 Å². The molecule has 3 rings (SSSR count). The van der Waals surface area contributed by atoms with E-state index in [1.807, 2.05) is 19.1 Å². The average Bonchev–Trinajstić information content (AvgIpc) is 2.61. The summed E-state index contributed by atoms with van der Waals surface area (Å²) in [5.74, 6) is -0.908. The van der Waals surface area contributed by atoms with Crippen LogP contribution in [-0.2, 0) is 6.61 Å². The zero-order chi connectivity index (χ0) is 18.5. The number of amides is 1. The summed E-state index contributed by atoms with van der Waals surface area (Å²) in [6.45, 7) is 1.91. The Balaban J connectivity index is 1.76. The van der Waals surface area contributed by atoms with Crippen LogP contribution in [0.5, 0.6) is 0 Å². The molecule has 0 saturated carbocycles. The zero-order valence-corrected chi connectivity index (χ0v) is 14.1. The molecule has 0 spiro atoms. The lowest BCUT2D eigenvalue weighted by Gasteiger charge is -2.10. The van der Waals surface area contributed by atoms with Crippen molar-refractivity contribution in [1.29, 1.82) is 0 Å². The van der Waals surface area contributed by atoms with E-state index in [2.05, 4.69) is 5.32 Å². The molecule has 1 amide bonds. The maximum Gasteiger partial charge on any atom is 0.295 e. The zero-order valence-electron chi connectivity index (χ0n) is 14.1. The predicted molar refractivity (Wildman–Crippen MR) is 96.5 cm³/mol. The van der Waals surface area contributed by atoms with E-state index in [0.29, 0.717) is 11.3 Å². The monoisotopic (exact) mass is 352 g/mol. The summed E-state index contributed by atoms with van der Waals surface area (Å²) in [4.78, 5) is 30.2. The normalized spacial score (nSPS) is 10.4. The first-order valence-electron chi connectivity index (χ1n) is 8.00. The van der Waals surface area contributed by atoms with Gasteiger partial charge in [0.05, 0.1) is 0 Å². The number of aryl methyl sites for hydroxylation is 1. The van der Waals surface area contributed by atoms with E-state index in [-0.39, 0.29) is 18.0 Å². The van der Waals surface area contributed by atoms with E-state index in [1.54, 1.807) is 24.3 Å². The van der Waals surface area contributed by atoms with Gasteiger partial charge in [-0.05, 0) is 54.4 Å². The minimum atomic E-state index is -0.589. The first-order chi connectivity index (χ1) is 12.5. The van der Waals surface area contributed by atoms with Crippen LogP contribution in [0.2, 0.25) is 0 Å². The second kappa shape index (κ2) is 7.65. The van der Waals surface area contributed by atoms with Crippen LogP contribution in [0.1, 0.15) is 21.5 Å². The Morgan fingerprint density at radius 3 is 2.69 bits per heavy atom. The third kappa shape index (κ3) is 4.16. The highest BCUT2D eigenvalue weighted by Gasteiger charge is 2.13. The molecule has 5 nitrogen and oxygen atoms in total. The lowest BCUT2D eigenvalue weighted by Crippen LogP contribution is -2.32. The Labute approximate surface area is 149 Å². The minimum absolute atomic E-state index is 0.000614. The van der Waals surface area contributed by atoms with Crippen molar-refractivity contribution < 1.29 is 14.0 Å². The number of nitrogens with zero attached hydrogens (tertiary/aromatic N) is 1. The number of benzene rings is 2. The van der Waals surface area contributed by atoms with Gasteiger partial charge in [0.15, 0.2) is 0 Å². The molecule has 0 bridgehead atoms. The Morgan fingerprint density at radius 2 is 1.92 bits per heavy atom. The van der Waals surface area contributed by atoms with Gasteiger partial charge in [-0.15, -0.1) is 0 Å². The van der Waals surface area contributed by atoms with Gasteiger partial charge in [-0.1, -0.05) is 24.3 Å². The van der Waals surface area contributed by atoms with Crippen molar-refractivity contribution >= 4 is 11.6 Å². The van der Waals surface area contributed by atoms with Crippen molar-refractivity contribution in [1.82, 2.24) is 4.73 Å². The fraction of sp³-hybridized carbons (Fsp3) is 0.100. The number of halogens is 1. The summed E-state index contributed by atoms with van der Waals surface area (Å²) in [6.07, 6.45) is 1.41. The number of pyridine rings is 1. The topological polar surface area (TPSA) is 60.3 Å². The molecule has 0 aliphatic rings. The van der Waals surface area contributed by atoms with Gasteiger partial charge in [0.1, 0.15) is 18.0 Å². The Kier molecular flexibility index (Phi) is 5.12. The standard InChI is InChI=1S/C20H17FN2O3/c1-14-5-2-8-17(11-14)22-19(24)18-9-4-10-23(20(18)25)26-13-15-6-3-7-16(21)12-15/h2-12H,13H2,1H3,(H,22,24). The molecule has 0 fully saturated rings. The van der Waals surface area contributed by atoms with Crippen LogP contribution < -0.4 is 15.7 Å². The SMILES string of the molecule is Cc1cccc(NC(=O)c2cccn(OCc3cccc(F)c3)c2=O)c1. The van der Waals surface area contributed by atoms with Crippen LogP contribution in [0.25, 0.3) is 0 Å². The molecular formula is C20H17FN2O3. The van der Waals surface area contributed by atoms with Gasteiger partial charge in [-0.3, -0.25) is 9.59 Å². The summed E-state index contributed by atoms with van der Waals surface area (Å²) >= 11 is 0. The summed E-state index contributed by atoms with van der Waals surface area (Å²) in [6, 6.07) is 16.1. The van der Waals surface area contributed by atoms with Crippen LogP contribution in [0, 0.1) is 12.7 Å². The first kappa shape index (κ1) is 17.4.